The van der Waals surface area contributed by atoms with E-state index < -0.39 is 6.04 Å². The first-order valence-corrected chi connectivity index (χ1v) is 10.8. The number of methoxy groups -OCH3 is 1. The van der Waals surface area contributed by atoms with Crippen LogP contribution in [0.4, 0.5) is 5.69 Å². The highest BCUT2D eigenvalue weighted by molar-refractivity contribution is 6.34. The van der Waals surface area contributed by atoms with Gasteiger partial charge in [-0.2, -0.15) is 0 Å². The standard InChI is InChI=1S/C22H22Cl2N4O3/c1-31-12-18(21-25-16-7-6-14(23)11-17(16)26-21)27-22(30)13-5-8-19(15(24)10-13)28-9-3-2-4-20(28)29/h5-8,10-11,18H,2-4,9,12H2,1H3,(H,25,26)(H,27,30)/t18-/m0/s1. The molecule has 162 valence electrons. The van der Waals surface area contributed by atoms with Crippen LogP contribution in [0.25, 0.3) is 11.0 Å². The summed E-state index contributed by atoms with van der Waals surface area (Å²) in [4.78, 5) is 34.5. The van der Waals surface area contributed by atoms with E-state index in [-0.39, 0.29) is 18.4 Å². The van der Waals surface area contributed by atoms with Crippen LogP contribution in [0.3, 0.4) is 0 Å². The lowest BCUT2D eigenvalue weighted by atomic mass is 10.1. The summed E-state index contributed by atoms with van der Waals surface area (Å²) in [6.45, 7) is 0.865. The Labute approximate surface area is 189 Å². The quantitative estimate of drug-likeness (QED) is 0.566. The fourth-order valence-electron chi connectivity index (χ4n) is 3.69. The molecule has 1 atom stereocenters. The number of nitrogens with zero attached hydrogens (tertiary/aromatic N) is 2. The zero-order valence-corrected chi connectivity index (χ0v) is 18.5. The van der Waals surface area contributed by atoms with Gasteiger partial charge in [-0.05, 0) is 49.2 Å². The molecule has 0 unspecified atom stereocenters. The molecule has 0 aliphatic carbocycles. The summed E-state index contributed by atoms with van der Waals surface area (Å²) in [5.74, 6) is 0.295. The van der Waals surface area contributed by atoms with E-state index in [1.165, 1.54) is 0 Å². The number of benzene rings is 2. The summed E-state index contributed by atoms with van der Waals surface area (Å²) >= 11 is 12.5. The molecule has 9 heteroatoms. The van der Waals surface area contributed by atoms with E-state index in [2.05, 4.69) is 15.3 Å². The third-order valence-corrected chi connectivity index (χ3v) is 5.79. The van der Waals surface area contributed by atoms with Gasteiger partial charge in [0.2, 0.25) is 5.91 Å². The average Bonchev–Trinajstić information content (AvgIpc) is 3.17. The molecule has 1 saturated heterocycles. The molecule has 0 radical (unpaired) electrons. The van der Waals surface area contributed by atoms with Crippen molar-refractivity contribution in [3.8, 4) is 0 Å². The number of aromatic amines is 1. The Hall–Kier alpha value is -2.61. The number of imidazole rings is 1. The Balaban J connectivity index is 1.54. The molecule has 0 saturated carbocycles. The van der Waals surface area contributed by atoms with Crippen LogP contribution in [0.2, 0.25) is 10.0 Å². The molecular formula is C22H22Cl2N4O3. The van der Waals surface area contributed by atoms with Crippen molar-refractivity contribution in [1.29, 1.82) is 0 Å². The minimum atomic E-state index is -0.495. The number of H-pyrrole nitrogens is 1. The minimum Gasteiger partial charge on any atom is -0.382 e. The second-order valence-electron chi connectivity index (χ2n) is 7.43. The number of piperidine rings is 1. The van der Waals surface area contributed by atoms with Crippen molar-refractivity contribution in [1.82, 2.24) is 15.3 Å². The van der Waals surface area contributed by atoms with Crippen LogP contribution < -0.4 is 10.2 Å². The molecule has 7 nitrogen and oxygen atoms in total. The number of ether oxygens (including phenoxy) is 1. The molecule has 3 aromatic rings. The molecule has 1 aliphatic rings. The van der Waals surface area contributed by atoms with Gasteiger partial charge >= 0.3 is 0 Å². The maximum Gasteiger partial charge on any atom is 0.252 e. The fraction of sp³-hybridized carbons (Fsp3) is 0.318. The monoisotopic (exact) mass is 460 g/mol. The molecule has 2 aromatic carbocycles. The summed E-state index contributed by atoms with van der Waals surface area (Å²) in [5, 5.41) is 3.88. The predicted molar refractivity (Wildman–Crippen MR) is 121 cm³/mol. The Morgan fingerprint density at radius 3 is 2.84 bits per heavy atom. The van der Waals surface area contributed by atoms with Gasteiger partial charge in [-0.15, -0.1) is 0 Å². The SMILES string of the molecule is COC[C@H](NC(=O)c1ccc(N2CCCCC2=O)c(Cl)c1)c1nc2cc(Cl)ccc2[nH]1. The lowest BCUT2D eigenvalue weighted by Gasteiger charge is -2.27. The van der Waals surface area contributed by atoms with Crippen molar-refractivity contribution in [3.05, 3.63) is 57.8 Å². The predicted octanol–water partition coefficient (Wildman–Crippen LogP) is 4.50. The van der Waals surface area contributed by atoms with Crippen LogP contribution in [-0.2, 0) is 9.53 Å². The first-order chi connectivity index (χ1) is 15.0. The molecule has 31 heavy (non-hydrogen) atoms. The van der Waals surface area contributed by atoms with E-state index in [9.17, 15) is 9.59 Å². The van der Waals surface area contributed by atoms with E-state index in [0.29, 0.717) is 45.6 Å². The molecular weight excluding hydrogens is 439 g/mol. The largest absolute Gasteiger partial charge is 0.382 e. The van der Waals surface area contributed by atoms with Gasteiger partial charge in [0, 0.05) is 30.7 Å². The van der Waals surface area contributed by atoms with Gasteiger partial charge in [-0.25, -0.2) is 4.98 Å². The maximum absolute atomic E-state index is 12.9. The second-order valence-corrected chi connectivity index (χ2v) is 8.28. The van der Waals surface area contributed by atoms with Gasteiger partial charge in [0.25, 0.3) is 5.91 Å². The average molecular weight is 461 g/mol. The Morgan fingerprint density at radius 1 is 1.26 bits per heavy atom. The lowest BCUT2D eigenvalue weighted by Crippen LogP contribution is -2.35. The number of anilines is 1. The number of carbonyl (C=O) groups is 2. The number of halogens is 2. The number of rotatable bonds is 6. The molecule has 1 aliphatic heterocycles. The lowest BCUT2D eigenvalue weighted by molar-refractivity contribution is -0.119. The van der Waals surface area contributed by atoms with Crippen LogP contribution in [-0.4, -0.2) is 42.0 Å². The summed E-state index contributed by atoms with van der Waals surface area (Å²) in [5.41, 5.74) is 2.54. The number of nitrogens with one attached hydrogen (secondary N) is 2. The van der Waals surface area contributed by atoms with Crippen molar-refractivity contribution >= 4 is 51.7 Å². The molecule has 1 aromatic heterocycles. The van der Waals surface area contributed by atoms with Crippen molar-refractivity contribution in [2.45, 2.75) is 25.3 Å². The van der Waals surface area contributed by atoms with Crippen LogP contribution in [0.15, 0.2) is 36.4 Å². The molecule has 2 N–H and O–H groups in total. The van der Waals surface area contributed by atoms with Crippen molar-refractivity contribution < 1.29 is 14.3 Å². The first-order valence-electron chi connectivity index (χ1n) is 10.0. The van der Waals surface area contributed by atoms with Crippen molar-refractivity contribution in [2.75, 3.05) is 25.2 Å². The molecule has 4 rings (SSSR count). The van der Waals surface area contributed by atoms with Gasteiger partial charge < -0.3 is 19.9 Å². The van der Waals surface area contributed by atoms with Crippen LogP contribution >= 0.6 is 23.2 Å². The normalized spacial score (nSPS) is 15.3. The maximum atomic E-state index is 12.9. The van der Waals surface area contributed by atoms with E-state index in [4.69, 9.17) is 27.9 Å². The smallest absolute Gasteiger partial charge is 0.252 e. The molecule has 2 heterocycles. The zero-order chi connectivity index (χ0) is 22.0. The van der Waals surface area contributed by atoms with E-state index in [0.717, 1.165) is 18.4 Å². The topological polar surface area (TPSA) is 87.3 Å². The van der Waals surface area contributed by atoms with E-state index in [1.807, 2.05) is 6.07 Å². The van der Waals surface area contributed by atoms with Crippen LogP contribution in [0.5, 0.6) is 0 Å². The van der Waals surface area contributed by atoms with Crippen molar-refractivity contribution in [3.63, 3.8) is 0 Å². The highest BCUT2D eigenvalue weighted by Crippen LogP contribution is 2.30. The summed E-state index contributed by atoms with van der Waals surface area (Å²) in [7, 11) is 1.56. The number of aromatic nitrogens is 2. The van der Waals surface area contributed by atoms with Gasteiger partial charge in [0.15, 0.2) is 0 Å². The number of carbonyl (C=O) groups excluding carboxylic acids is 2. The summed E-state index contributed by atoms with van der Waals surface area (Å²) < 4.78 is 5.28. The van der Waals surface area contributed by atoms with Gasteiger partial charge in [-0.3, -0.25) is 9.59 Å². The molecule has 0 spiro atoms. The van der Waals surface area contributed by atoms with Gasteiger partial charge in [-0.1, -0.05) is 23.2 Å². The Morgan fingerprint density at radius 2 is 2.10 bits per heavy atom. The number of amides is 2. The Kier molecular flexibility index (Phi) is 6.46. The molecule has 1 fully saturated rings. The van der Waals surface area contributed by atoms with Crippen LogP contribution in [0, 0.1) is 0 Å². The van der Waals surface area contributed by atoms with E-state index >= 15 is 0 Å². The van der Waals surface area contributed by atoms with Crippen molar-refractivity contribution in [2.24, 2.45) is 0 Å². The van der Waals surface area contributed by atoms with Gasteiger partial charge in [0.05, 0.1) is 28.4 Å². The zero-order valence-electron chi connectivity index (χ0n) is 17.0. The summed E-state index contributed by atoms with van der Waals surface area (Å²) in [6, 6.07) is 9.83. The first kappa shape index (κ1) is 21.6. The molecule has 2 amide bonds. The second kappa shape index (κ2) is 9.26. The molecule has 0 bridgehead atoms. The number of fused-ring (bicyclic) bond motifs is 1. The third kappa shape index (κ3) is 4.69. The number of hydrogen-bond donors (Lipinski definition) is 2. The van der Waals surface area contributed by atoms with Gasteiger partial charge in [0.1, 0.15) is 11.9 Å². The minimum absolute atomic E-state index is 0.0514. The summed E-state index contributed by atoms with van der Waals surface area (Å²) in [6.07, 6.45) is 2.34. The van der Waals surface area contributed by atoms with Crippen LogP contribution in [0.1, 0.15) is 41.5 Å². The third-order valence-electron chi connectivity index (χ3n) is 5.26. The van der Waals surface area contributed by atoms with E-state index in [1.54, 1.807) is 42.3 Å². The highest BCUT2D eigenvalue weighted by Gasteiger charge is 2.24. The highest BCUT2D eigenvalue weighted by atomic mass is 35.5. The fourth-order valence-corrected chi connectivity index (χ4v) is 4.14. The Bertz CT molecular complexity index is 1130. The number of hydrogen-bond acceptors (Lipinski definition) is 4.